The summed E-state index contributed by atoms with van der Waals surface area (Å²) in [6.45, 7) is 2.48. The third-order valence-corrected chi connectivity index (χ3v) is 8.68. The van der Waals surface area contributed by atoms with Gasteiger partial charge in [-0.1, -0.05) is 18.2 Å². The fourth-order valence-corrected chi connectivity index (χ4v) is 6.21. The van der Waals surface area contributed by atoms with E-state index in [1.807, 2.05) is 49.0 Å². The Morgan fingerprint density at radius 1 is 1.09 bits per heavy atom. The summed E-state index contributed by atoms with van der Waals surface area (Å²) in [7, 11) is -1.61. The number of carbonyl (C=O) groups excluding carboxylic acids is 1. The van der Waals surface area contributed by atoms with E-state index in [1.165, 1.54) is 23.9 Å². The van der Waals surface area contributed by atoms with Gasteiger partial charge >= 0.3 is 0 Å². The van der Waals surface area contributed by atoms with Crippen molar-refractivity contribution in [2.24, 2.45) is 7.05 Å². The summed E-state index contributed by atoms with van der Waals surface area (Å²) < 4.78 is 29.4. The molecule has 1 unspecified atom stereocenters. The van der Waals surface area contributed by atoms with Gasteiger partial charge in [-0.3, -0.25) is 4.79 Å². The number of aromatic nitrogens is 2. The Hall–Kier alpha value is -2.62. The number of piperidine rings is 1. The van der Waals surface area contributed by atoms with E-state index >= 15 is 0 Å². The summed E-state index contributed by atoms with van der Waals surface area (Å²) in [5.41, 5.74) is 1.07. The molecular formula is C23H26N4O3S2. The Labute approximate surface area is 192 Å². The van der Waals surface area contributed by atoms with Crippen molar-refractivity contribution < 1.29 is 13.2 Å². The molecule has 168 valence electrons. The molecule has 1 aliphatic rings. The molecule has 32 heavy (non-hydrogen) atoms. The number of nitrogens with zero attached hydrogens (tertiary/aromatic N) is 3. The van der Waals surface area contributed by atoms with Crippen molar-refractivity contribution in [2.45, 2.75) is 47.2 Å². The lowest BCUT2D eigenvalue weighted by Gasteiger charge is -2.32. The molecule has 1 amide bonds. The van der Waals surface area contributed by atoms with Gasteiger partial charge < -0.3 is 9.88 Å². The highest BCUT2D eigenvalue weighted by atomic mass is 32.2. The number of imidazole rings is 1. The highest BCUT2D eigenvalue weighted by Crippen LogP contribution is 2.27. The van der Waals surface area contributed by atoms with Crippen molar-refractivity contribution in [3.63, 3.8) is 0 Å². The number of benzene rings is 2. The van der Waals surface area contributed by atoms with Gasteiger partial charge in [-0.25, -0.2) is 13.4 Å². The van der Waals surface area contributed by atoms with Crippen LogP contribution in [0.3, 0.4) is 0 Å². The molecular weight excluding hydrogens is 444 g/mol. The first-order valence-corrected chi connectivity index (χ1v) is 12.8. The van der Waals surface area contributed by atoms with Crippen LogP contribution in [0.15, 0.2) is 75.9 Å². The molecule has 0 saturated carbocycles. The lowest BCUT2D eigenvalue weighted by Crippen LogP contribution is -2.41. The number of anilines is 1. The standard InChI is InChI=1S/C23H26N4O3S2/c1-17-5-3-4-15-27(17)32(29,30)21-12-6-18(7-13-21)22(28)25-19-8-10-20(11-9-19)31-23-24-14-16-26(23)2/h6-14,16-17H,3-5,15H2,1-2H3,(H,25,28). The molecule has 9 heteroatoms. The number of sulfonamides is 1. The molecule has 1 aromatic heterocycles. The number of rotatable bonds is 6. The van der Waals surface area contributed by atoms with Crippen molar-refractivity contribution >= 4 is 33.4 Å². The van der Waals surface area contributed by atoms with E-state index in [-0.39, 0.29) is 16.8 Å². The van der Waals surface area contributed by atoms with E-state index < -0.39 is 10.0 Å². The summed E-state index contributed by atoms with van der Waals surface area (Å²) >= 11 is 1.54. The lowest BCUT2D eigenvalue weighted by atomic mass is 10.1. The summed E-state index contributed by atoms with van der Waals surface area (Å²) in [4.78, 5) is 18.1. The molecule has 1 atom stereocenters. The normalized spacial score (nSPS) is 17.2. The zero-order valence-electron chi connectivity index (χ0n) is 18.1. The van der Waals surface area contributed by atoms with E-state index in [0.29, 0.717) is 17.8 Å². The second-order valence-corrected chi connectivity index (χ2v) is 10.8. The van der Waals surface area contributed by atoms with E-state index in [2.05, 4.69) is 10.3 Å². The Morgan fingerprint density at radius 3 is 2.44 bits per heavy atom. The largest absolute Gasteiger partial charge is 0.329 e. The van der Waals surface area contributed by atoms with Crippen LogP contribution in [0.25, 0.3) is 0 Å². The average molecular weight is 471 g/mol. The van der Waals surface area contributed by atoms with Crippen LogP contribution in [0.4, 0.5) is 5.69 Å². The molecule has 0 bridgehead atoms. The average Bonchev–Trinajstić information content (AvgIpc) is 3.19. The van der Waals surface area contributed by atoms with E-state index in [4.69, 9.17) is 0 Å². The minimum Gasteiger partial charge on any atom is -0.329 e. The van der Waals surface area contributed by atoms with Gasteiger partial charge in [0.05, 0.1) is 4.90 Å². The topological polar surface area (TPSA) is 84.3 Å². The Balaban J connectivity index is 1.41. The third-order valence-electron chi connectivity index (χ3n) is 5.56. The van der Waals surface area contributed by atoms with Crippen LogP contribution < -0.4 is 5.32 Å². The maximum absolute atomic E-state index is 13.0. The van der Waals surface area contributed by atoms with Crippen molar-refractivity contribution in [3.05, 3.63) is 66.5 Å². The van der Waals surface area contributed by atoms with Gasteiger partial charge in [-0.2, -0.15) is 4.31 Å². The van der Waals surface area contributed by atoms with Gasteiger partial charge in [0.2, 0.25) is 10.0 Å². The predicted octanol–water partition coefficient (Wildman–Crippen LogP) is 4.39. The Morgan fingerprint density at radius 2 is 1.81 bits per heavy atom. The van der Waals surface area contributed by atoms with E-state index in [9.17, 15) is 13.2 Å². The summed E-state index contributed by atoms with van der Waals surface area (Å²) in [6.07, 6.45) is 6.44. The molecule has 1 fully saturated rings. The molecule has 3 aromatic rings. The highest BCUT2D eigenvalue weighted by molar-refractivity contribution is 7.99. The minimum atomic E-state index is -3.55. The number of amides is 1. The molecule has 1 N–H and O–H groups in total. The monoisotopic (exact) mass is 470 g/mol. The number of nitrogens with one attached hydrogen (secondary N) is 1. The van der Waals surface area contributed by atoms with Crippen molar-refractivity contribution in [1.29, 1.82) is 0 Å². The fraction of sp³-hybridized carbons (Fsp3) is 0.304. The number of carbonyl (C=O) groups is 1. The van der Waals surface area contributed by atoms with Gasteiger partial charge in [0, 0.05) is 48.2 Å². The second kappa shape index (κ2) is 9.48. The summed E-state index contributed by atoms with van der Waals surface area (Å²) in [6, 6.07) is 13.6. The van der Waals surface area contributed by atoms with Gasteiger partial charge in [0.15, 0.2) is 5.16 Å². The number of aryl methyl sites for hydroxylation is 1. The maximum Gasteiger partial charge on any atom is 0.255 e. The first-order valence-electron chi connectivity index (χ1n) is 10.5. The number of hydrogen-bond donors (Lipinski definition) is 1. The SMILES string of the molecule is CC1CCCCN1S(=O)(=O)c1ccc(C(=O)Nc2ccc(Sc3nccn3C)cc2)cc1. The highest BCUT2D eigenvalue weighted by Gasteiger charge is 2.30. The molecule has 0 radical (unpaired) electrons. The molecule has 7 nitrogen and oxygen atoms in total. The van der Waals surface area contributed by atoms with Crippen LogP contribution >= 0.6 is 11.8 Å². The molecule has 2 aromatic carbocycles. The van der Waals surface area contributed by atoms with Gasteiger partial charge in [0.1, 0.15) is 0 Å². The van der Waals surface area contributed by atoms with Crippen LogP contribution in [-0.4, -0.2) is 40.8 Å². The first-order chi connectivity index (χ1) is 15.3. The molecule has 0 aliphatic carbocycles. The Bertz CT molecular complexity index is 1190. The first kappa shape index (κ1) is 22.6. The molecule has 4 rings (SSSR count). The van der Waals surface area contributed by atoms with Crippen molar-refractivity contribution in [2.75, 3.05) is 11.9 Å². The van der Waals surface area contributed by atoms with E-state index in [0.717, 1.165) is 29.3 Å². The van der Waals surface area contributed by atoms with Gasteiger partial charge in [-0.05, 0) is 68.3 Å². The third kappa shape index (κ3) is 4.90. The molecule has 2 heterocycles. The van der Waals surface area contributed by atoms with Gasteiger partial charge in [0.25, 0.3) is 5.91 Å². The van der Waals surface area contributed by atoms with Crippen LogP contribution in [0, 0.1) is 0 Å². The fourth-order valence-electron chi connectivity index (χ4n) is 3.71. The van der Waals surface area contributed by atoms with Gasteiger partial charge in [-0.15, -0.1) is 0 Å². The number of hydrogen-bond acceptors (Lipinski definition) is 5. The van der Waals surface area contributed by atoms with Crippen molar-refractivity contribution in [1.82, 2.24) is 13.9 Å². The van der Waals surface area contributed by atoms with Crippen molar-refractivity contribution in [3.8, 4) is 0 Å². The van der Waals surface area contributed by atoms with Crippen LogP contribution in [0.1, 0.15) is 36.5 Å². The quantitative estimate of drug-likeness (QED) is 0.578. The lowest BCUT2D eigenvalue weighted by molar-refractivity contribution is 0.102. The molecule has 1 saturated heterocycles. The summed E-state index contributed by atoms with van der Waals surface area (Å²) in [5.74, 6) is -0.287. The predicted molar refractivity (Wildman–Crippen MR) is 125 cm³/mol. The Kier molecular flexibility index (Phi) is 6.68. The molecule has 1 aliphatic heterocycles. The smallest absolute Gasteiger partial charge is 0.255 e. The van der Waals surface area contributed by atoms with Crippen LogP contribution in [0.2, 0.25) is 0 Å². The van der Waals surface area contributed by atoms with Crippen LogP contribution in [0.5, 0.6) is 0 Å². The summed E-state index contributed by atoms with van der Waals surface area (Å²) in [5, 5.41) is 3.74. The van der Waals surface area contributed by atoms with Crippen LogP contribution in [-0.2, 0) is 17.1 Å². The zero-order valence-corrected chi connectivity index (χ0v) is 19.7. The van der Waals surface area contributed by atoms with E-state index in [1.54, 1.807) is 22.6 Å². The zero-order chi connectivity index (χ0) is 22.7. The minimum absolute atomic E-state index is 0.00439. The second-order valence-electron chi connectivity index (χ2n) is 7.89. The maximum atomic E-state index is 13.0. The molecule has 0 spiro atoms.